The third-order valence-corrected chi connectivity index (χ3v) is 7.72. The Hall–Kier alpha value is -0.120. The number of ether oxygens (including phenoxy) is 2. The molecular formula is C34H71NO2. The topological polar surface area (TPSA) is 21.7 Å². The van der Waals surface area contributed by atoms with Gasteiger partial charge in [0, 0.05) is 26.3 Å². The highest BCUT2D eigenvalue weighted by molar-refractivity contribution is 4.59. The standard InChI is InChI=1S/C34H71NO2/c1-4-7-10-13-16-19-22-25-28-35(29-33-36-31-26-23-20-17-14-11-8-5-2)30-34-37-32-27-24-21-18-15-12-9-6-3/h4-34H2,1-3H3. The van der Waals surface area contributed by atoms with Crippen molar-refractivity contribution in [2.75, 3.05) is 46.1 Å². The van der Waals surface area contributed by atoms with E-state index in [0.717, 1.165) is 39.5 Å². The lowest BCUT2D eigenvalue weighted by Gasteiger charge is -2.22. The molecule has 0 rings (SSSR count). The molecule has 37 heavy (non-hydrogen) atoms. The zero-order valence-corrected chi connectivity index (χ0v) is 26.2. The molecule has 3 nitrogen and oxygen atoms in total. The Kier molecular flexibility index (Phi) is 33.8. The molecular weight excluding hydrogens is 454 g/mol. The minimum atomic E-state index is 0.881. The van der Waals surface area contributed by atoms with Crippen molar-refractivity contribution in [1.29, 1.82) is 0 Å². The molecule has 0 saturated heterocycles. The van der Waals surface area contributed by atoms with Crippen LogP contribution in [0.25, 0.3) is 0 Å². The van der Waals surface area contributed by atoms with Crippen molar-refractivity contribution < 1.29 is 9.47 Å². The largest absolute Gasteiger partial charge is 0.380 e. The normalized spacial score (nSPS) is 11.7. The van der Waals surface area contributed by atoms with Crippen molar-refractivity contribution in [2.45, 2.75) is 175 Å². The summed E-state index contributed by atoms with van der Waals surface area (Å²) in [6.07, 6.45) is 33.0. The van der Waals surface area contributed by atoms with Crippen molar-refractivity contribution in [2.24, 2.45) is 0 Å². The van der Waals surface area contributed by atoms with Gasteiger partial charge < -0.3 is 9.47 Å². The lowest BCUT2D eigenvalue weighted by molar-refractivity contribution is 0.0713. The predicted molar refractivity (Wildman–Crippen MR) is 166 cm³/mol. The Morgan fingerprint density at radius 2 is 0.595 bits per heavy atom. The van der Waals surface area contributed by atoms with Gasteiger partial charge in [-0.15, -0.1) is 0 Å². The third-order valence-electron chi connectivity index (χ3n) is 7.72. The molecule has 0 aliphatic rings. The monoisotopic (exact) mass is 526 g/mol. The first-order valence-corrected chi connectivity index (χ1v) is 17.2. The lowest BCUT2D eigenvalue weighted by Crippen LogP contribution is -2.32. The van der Waals surface area contributed by atoms with E-state index in [9.17, 15) is 0 Å². The van der Waals surface area contributed by atoms with Crippen molar-refractivity contribution in [3.63, 3.8) is 0 Å². The van der Waals surface area contributed by atoms with E-state index < -0.39 is 0 Å². The fourth-order valence-electron chi connectivity index (χ4n) is 5.07. The zero-order chi connectivity index (χ0) is 26.9. The van der Waals surface area contributed by atoms with Gasteiger partial charge in [-0.25, -0.2) is 0 Å². The van der Waals surface area contributed by atoms with Crippen molar-refractivity contribution in [3.05, 3.63) is 0 Å². The lowest BCUT2D eigenvalue weighted by atomic mass is 10.1. The van der Waals surface area contributed by atoms with E-state index in [0.29, 0.717) is 0 Å². The smallest absolute Gasteiger partial charge is 0.0593 e. The first-order valence-electron chi connectivity index (χ1n) is 17.2. The summed E-state index contributed by atoms with van der Waals surface area (Å²) in [5.74, 6) is 0. The van der Waals surface area contributed by atoms with Gasteiger partial charge >= 0.3 is 0 Å². The second-order valence-electron chi connectivity index (χ2n) is 11.5. The quantitative estimate of drug-likeness (QED) is 0.0795. The Bertz CT molecular complexity index is 364. The predicted octanol–water partition coefficient (Wildman–Crippen LogP) is 10.7. The molecule has 0 fully saturated rings. The molecule has 0 saturated carbocycles. The van der Waals surface area contributed by atoms with Gasteiger partial charge in [0.15, 0.2) is 0 Å². The molecule has 0 heterocycles. The molecule has 0 radical (unpaired) electrons. The first-order chi connectivity index (χ1) is 18.3. The summed E-state index contributed by atoms with van der Waals surface area (Å²) in [6, 6.07) is 0. The van der Waals surface area contributed by atoms with E-state index in [1.165, 1.54) is 161 Å². The molecule has 0 aromatic heterocycles. The number of hydrogen-bond donors (Lipinski definition) is 0. The van der Waals surface area contributed by atoms with Gasteiger partial charge in [-0.1, -0.05) is 156 Å². The number of unbranched alkanes of at least 4 members (excludes halogenated alkanes) is 21. The van der Waals surface area contributed by atoms with Gasteiger partial charge in [0.2, 0.25) is 0 Å². The maximum absolute atomic E-state index is 6.02. The summed E-state index contributed by atoms with van der Waals surface area (Å²) in [6.45, 7) is 13.9. The second kappa shape index (κ2) is 33.9. The minimum absolute atomic E-state index is 0.881. The van der Waals surface area contributed by atoms with Gasteiger partial charge in [0.05, 0.1) is 13.2 Å². The Morgan fingerprint density at radius 1 is 0.297 bits per heavy atom. The molecule has 0 aromatic carbocycles. The Balaban J connectivity index is 3.84. The average molecular weight is 526 g/mol. The van der Waals surface area contributed by atoms with E-state index in [-0.39, 0.29) is 0 Å². The minimum Gasteiger partial charge on any atom is -0.380 e. The highest BCUT2D eigenvalue weighted by Crippen LogP contribution is 2.11. The number of nitrogens with zero attached hydrogens (tertiary/aromatic N) is 1. The molecule has 0 unspecified atom stereocenters. The van der Waals surface area contributed by atoms with Gasteiger partial charge in [-0.05, 0) is 25.8 Å². The van der Waals surface area contributed by atoms with E-state index in [4.69, 9.17) is 9.47 Å². The van der Waals surface area contributed by atoms with Crippen LogP contribution < -0.4 is 0 Å². The summed E-state index contributed by atoms with van der Waals surface area (Å²) >= 11 is 0. The van der Waals surface area contributed by atoms with E-state index >= 15 is 0 Å². The van der Waals surface area contributed by atoms with Crippen LogP contribution in [-0.4, -0.2) is 51.0 Å². The molecule has 0 amide bonds. The van der Waals surface area contributed by atoms with E-state index in [1.807, 2.05) is 0 Å². The van der Waals surface area contributed by atoms with Crippen molar-refractivity contribution in [1.82, 2.24) is 4.90 Å². The second-order valence-corrected chi connectivity index (χ2v) is 11.5. The molecule has 0 N–H and O–H groups in total. The molecule has 0 bridgehead atoms. The van der Waals surface area contributed by atoms with Crippen LogP contribution in [0.15, 0.2) is 0 Å². The fourth-order valence-corrected chi connectivity index (χ4v) is 5.07. The maximum Gasteiger partial charge on any atom is 0.0593 e. The first kappa shape index (κ1) is 36.9. The van der Waals surface area contributed by atoms with Crippen LogP contribution >= 0.6 is 0 Å². The van der Waals surface area contributed by atoms with Gasteiger partial charge in [-0.2, -0.15) is 0 Å². The molecule has 0 atom stereocenters. The van der Waals surface area contributed by atoms with Crippen LogP contribution in [0, 0.1) is 0 Å². The summed E-state index contributed by atoms with van der Waals surface area (Å²) in [4.78, 5) is 2.60. The maximum atomic E-state index is 6.02. The van der Waals surface area contributed by atoms with Crippen molar-refractivity contribution >= 4 is 0 Å². The third kappa shape index (κ3) is 32.0. The average Bonchev–Trinajstić information content (AvgIpc) is 2.91. The molecule has 3 heteroatoms. The molecule has 224 valence electrons. The highest BCUT2D eigenvalue weighted by Gasteiger charge is 2.05. The Morgan fingerprint density at radius 3 is 0.946 bits per heavy atom. The summed E-state index contributed by atoms with van der Waals surface area (Å²) in [5, 5.41) is 0. The van der Waals surface area contributed by atoms with Gasteiger partial charge in [-0.3, -0.25) is 4.90 Å². The van der Waals surface area contributed by atoms with Crippen LogP contribution in [0.5, 0.6) is 0 Å². The van der Waals surface area contributed by atoms with Crippen LogP contribution in [0.1, 0.15) is 175 Å². The summed E-state index contributed by atoms with van der Waals surface area (Å²) in [7, 11) is 0. The van der Waals surface area contributed by atoms with Gasteiger partial charge in [0.1, 0.15) is 0 Å². The summed E-state index contributed by atoms with van der Waals surface area (Å²) < 4.78 is 12.0. The molecule has 0 aliphatic heterocycles. The molecule has 0 aromatic rings. The molecule has 0 aliphatic carbocycles. The number of hydrogen-bond acceptors (Lipinski definition) is 3. The Labute approximate surface area is 235 Å². The summed E-state index contributed by atoms with van der Waals surface area (Å²) in [5.41, 5.74) is 0. The van der Waals surface area contributed by atoms with Crippen LogP contribution in [0.2, 0.25) is 0 Å². The van der Waals surface area contributed by atoms with E-state index in [2.05, 4.69) is 25.7 Å². The van der Waals surface area contributed by atoms with Crippen LogP contribution in [0.3, 0.4) is 0 Å². The van der Waals surface area contributed by atoms with Crippen LogP contribution in [0.4, 0.5) is 0 Å². The fraction of sp³-hybridized carbons (Fsp3) is 1.00. The van der Waals surface area contributed by atoms with E-state index in [1.54, 1.807) is 0 Å². The number of rotatable bonds is 33. The zero-order valence-electron chi connectivity index (χ0n) is 26.2. The van der Waals surface area contributed by atoms with Gasteiger partial charge in [0.25, 0.3) is 0 Å². The van der Waals surface area contributed by atoms with Crippen molar-refractivity contribution in [3.8, 4) is 0 Å². The highest BCUT2D eigenvalue weighted by atomic mass is 16.5. The SMILES string of the molecule is CCCCCCCCCCOCCN(CCCCCCCCCC)CCOCCCCCCCCCC. The molecule has 0 spiro atoms. The van der Waals surface area contributed by atoms with Crippen LogP contribution in [-0.2, 0) is 9.47 Å².